The standard InChI is InChI=1S/C15H28N4O/c1-4-19(5-2)11-8-13-17-14(20-18-13)15(16)9-6-12(3)7-10-15/h12H,4-11,16H2,1-3H3. The van der Waals surface area contributed by atoms with Gasteiger partial charge in [0.2, 0.25) is 5.89 Å². The highest BCUT2D eigenvalue weighted by Gasteiger charge is 2.36. The largest absolute Gasteiger partial charge is 0.337 e. The molecular weight excluding hydrogens is 252 g/mol. The number of aromatic nitrogens is 2. The number of likely N-dealkylation sites (N-methyl/N-ethyl adjacent to an activating group) is 1. The fraction of sp³-hybridized carbons (Fsp3) is 0.867. The summed E-state index contributed by atoms with van der Waals surface area (Å²) in [5, 5.41) is 4.10. The lowest BCUT2D eigenvalue weighted by Gasteiger charge is -2.32. The third-order valence-electron chi connectivity index (χ3n) is 4.61. The number of hydrogen-bond acceptors (Lipinski definition) is 5. The Morgan fingerprint density at radius 3 is 2.55 bits per heavy atom. The molecular formula is C15H28N4O. The molecule has 1 heterocycles. The molecule has 0 amide bonds. The second-order valence-corrected chi connectivity index (χ2v) is 6.13. The number of hydrogen-bond donors (Lipinski definition) is 1. The smallest absolute Gasteiger partial charge is 0.246 e. The van der Waals surface area contributed by atoms with Gasteiger partial charge in [-0.15, -0.1) is 0 Å². The van der Waals surface area contributed by atoms with Gasteiger partial charge in [-0.2, -0.15) is 4.98 Å². The van der Waals surface area contributed by atoms with Gasteiger partial charge in [0, 0.05) is 13.0 Å². The van der Waals surface area contributed by atoms with E-state index in [4.69, 9.17) is 10.3 Å². The van der Waals surface area contributed by atoms with Gasteiger partial charge in [-0.3, -0.25) is 0 Å². The van der Waals surface area contributed by atoms with Gasteiger partial charge in [0.25, 0.3) is 0 Å². The van der Waals surface area contributed by atoms with Crippen molar-refractivity contribution in [2.45, 2.75) is 58.4 Å². The van der Waals surface area contributed by atoms with Gasteiger partial charge in [0.1, 0.15) is 0 Å². The van der Waals surface area contributed by atoms with Crippen LogP contribution in [0, 0.1) is 5.92 Å². The SMILES string of the molecule is CCN(CC)CCc1noc(C2(N)CCC(C)CC2)n1. The molecule has 114 valence electrons. The maximum absolute atomic E-state index is 6.46. The van der Waals surface area contributed by atoms with Crippen molar-refractivity contribution in [3.8, 4) is 0 Å². The third-order valence-corrected chi connectivity index (χ3v) is 4.61. The van der Waals surface area contributed by atoms with E-state index in [9.17, 15) is 0 Å². The van der Waals surface area contributed by atoms with Crippen LogP contribution in [0.3, 0.4) is 0 Å². The monoisotopic (exact) mass is 280 g/mol. The van der Waals surface area contributed by atoms with Gasteiger partial charge >= 0.3 is 0 Å². The molecule has 1 aliphatic carbocycles. The summed E-state index contributed by atoms with van der Waals surface area (Å²) >= 11 is 0. The third kappa shape index (κ3) is 3.58. The Kier molecular flexibility index (Phi) is 5.16. The average molecular weight is 280 g/mol. The molecule has 1 aromatic rings. The summed E-state index contributed by atoms with van der Waals surface area (Å²) in [5.41, 5.74) is 6.06. The summed E-state index contributed by atoms with van der Waals surface area (Å²) < 4.78 is 5.44. The molecule has 5 nitrogen and oxygen atoms in total. The zero-order valence-corrected chi connectivity index (χ0v) is 13.1. The van der Waals surface area contributed by atoms with E-state index in [1.54, 1.807) is 0 Å². The maximum atomic E-state index is 6.46. The van der Waals surface area contributed by atoms with E-state index in [2.05, 4.69) is 35.8 Å². The van der Waals surface area contributed by atoms with E-state index < -0.39 is 5.54 Å². The van der Waals surface area contributed by atoms with Crippen LogP contribution in [0.2, 0.25) is 0 Å². The van der Waals surface area contributed by atoms with E-state index in [-0.39, 0.29) is 0 Å². The number of nitrogens with zero attached hydrogens (tertiary/aromatic N) is 3. The molecule has 1 aromatic heterocycles. The Hall–Kier alpha value is -0.940. The van der Waals surface area contributed by atoms with Crippen LogP contribution in [-0.4, -0.2) is 34.7 Å². The van der Waals surface area contributed by atoms with Gasteiger partial charge < -0.3 is 15.2 Å². The van der Waals surface area contributed by atoms with Gasteiger partial charge in [-0.1, -0.05) is 25.9 Å². The average Bonchev–Trinajstić information content (AvgIpc) is 2.93. The second-order valence-electron chi connectivity index (χ2n) is 6.13. The minimum atomic E-state index is -0.396. The van der Waals surface area contributed by atoms with Gasteiger partial charge in [0.05, 0.1) is 5.54 Å². The molecule has 0 spiro atoms. The molecule has 1 saturated carbocycles. The summed E-state index contributed by atoms with van der Waals surface area (Å²) in [4.78, 5) is 6.90. The lowest BCUT2D eigenvalue weighted by molar-refractivity contribution is 0.190. The van der Waals surface area contributed by atoms with Crippen LogP contribution in [-0.2, 0) is 12.0 Å². The molecule has 0 bridgehead atoms. The van der Waals surface area contributed by atoms with Gasteiger partial charge in [0.15, 0.2) is 5.82 Å². The molecule has 0 atom stereocenters. The van der Waals surface area contributed by atoms with Crippen molar-refractivity contribution >= 4 is 0 Å². The number of nitrogens with two attached hydrogens (primary N) is 1. The van der Waals surface area contributed by atoms with Crippen LogP contribution in [0.4, 0.5) is 0 Å². The predicted molar refractivity (Wildman–Crippen MR) is 79.3 cm³/mol. The minimum Gasteiger partial charge on any atom is -0.337 e. The lowest BCUT2D eigenvalue weighted by atomic mass is 9.78. The van der Waals surface area contributed by atoms with Crippen LogP contribution >= 0.6 is 0 Å². The molecule has 2 N–H and O–H groups in total. The van der Waals surface area contributed by atoms with Gasteiger partial charge in [-0.05, 0) is 44.7 Å². The van der Waals surface area contributed by atoms with Crippen molar-refractivity contribution in [1.29, 1.82) is 0 Å². The van der Waals surface area contributed by atoms with Crippen molar-refractivity contribution in [2.24, 2.45) is 11.7 Å². The maximum Gasteiger partial charge on any atom is 0.246 e. The Balaban J connectivity index is 1.94. The summed E-state index contributed by atoms with van der Waals surface area (Å²) in [7, 11) is 0. The summed E-state index contributed by atoms with van der Waals surface area (Å²) in [6.45, 7) is 9.70. The molecule has 2 rings (SSSR count). The topological polar surface area (TPSA) is 68.2 Å². The fourth-order valence-electron chi connectivity index (χ4n) is 2.85. The van der Waals surface area contributed by atoms with Crippen LogP contribution < -0.4 is 5.73 Å². The Morgan fingerprint density at radius 2 is 1.95 bits per heavy atom. The van der Waals surface area contributed by atoms with E-state index in [0.717, 1.165) is 63.5 Å². The highest BCUT2D eigenvalue weighted by molar-refractivity contribution is 5.04. The quantitative estimate of drug-likeness (QED) is 0.866. The van der Waals surface area contributed by atoms with Crippen molar-refractivity contribution in [1.82, 2.24) is 15.0 Å². The van der Waals surface area contributed by atoms with Crippen molar-refractivity contribution in [3.05, 3.63) is 11.7 Å². The van der Waals surface area contributed by atoms with E-state index in [1.165, 1.54) is 0 Å². The fourth-order valence-corrected chi connectivity index (χ4v) is 2.85. The lowest BCUT2D eigenvalue weighted by Crippen LogP contribution is -2.40. The van der Waals surface area contributed by atoms with Crippen molar-refractivity contribution in [2.75, 3.05) is 19.6 Å². The molecule has 0 aromatic carbocycles. The predicted octanol–water partition coefficient (Wildman–Crippen LogP) is 2.32. The van der Waals surface area contributed by atoms with Crippen LogP contribution in [0.1, 0.15) is 58.2 Å². The Labute approximate surface area is 121 Å². The molecule has 20 heavy (non-hydrogen) atoms. The molecule has 5 heteroatoms. The van der Waals surface area contributed by atoms with Crippen LogP contribution in [0.5, 0.6) is 0 Å². The zero-order valence-electron chi connectivity index (χ0n) is 13.1. The van der Waals surface area contributed by atoms with Gasteiger partial charge in [-0.25, -0.2) is 0 Å². The van der Waals surface area contributed by atoms with E-state index in [0.29, 0.717) is 5.89 Å². The number of rotatable bonds is 6. The highest BCUT2D eigenvalue weighted by Crippen LogP contribution is 2.36. The molecule has 1 fully saturated rings. The highest BCUT2D eigenvalue weighted by atomic mass is 16.5. The first-order valence-corrected chi connectivity index (χ1v) is 7.91. The first-order chi connectivity index (χ1) is 9.57. The van der Waals surface area contributed by atoms with Crippen molar-refractivity contribution < 1.29 is 4.52 Å². The van der Waals surface area contributed by atoms with Crippen molar-refractivity contribution in [3.63, 3.8) is 0 Å². The molecule has 0 saturated heterocycles. The zero-order chi connectivity index (χ0) is 14.6. The Morgan fingerprint density at radius 1 is 1.30 bits per heavy atom. The van der Waals surface area contributed by atoms with E-state index in [1.807, 2.05) is 0 Å². The first kappa shape index (κ1) is 15.4. The molecule has 0 unspecified atom stereocenters. The molecule has 0 radical (unpaired) electrons. The summed E-state index contributed by atoms with van der Waals surface area (Å²) in [5.74, 6) is 2.19. The van der Waals surface area contributed by atoms with Crippen LogP contribution in [0.25, 0.3) is 0 Å². The summed E-state index contributed by atoms with van der Waals surface area (Å²) in [6, 6.07) is 0. The second kappa shape index (κ2) is 6.68. The Bertz CT molecular complexity index is 406. The first-order valence-electron chi connectivity index (χ1n) is 7.91. The van der Waals surface area contributed by atoms with E-state index >= 15 is 0 Å². The normalized spacial score (nSPS) is 27.1. The summed E-state index contributed by atoms with van der Waals surface area (Å²) in [6.07, 6.45) is 5.02. The minimum absolute atomic E-state index is 0.396. The van der Waals surface area contributed by atoms with Crippen LogP contribution in [0.15, 0.2) is 4.52 Å². The molecule has 1 aliphatic rings. The molecule has 0 aliphatic heterocycles.